The van der Waals surface area contributed by atoms with E-state index in [0.717, 1.165) is 5.52 Å². The topological polar surface area (TPSA) is 89.4 Å². The van der Waals surface area contributed by atoms with Gasteiger partial charge in [0.2, 0.25) is 17.7 Å². The number of oxazole rings is 1. The number of carbonyl (C=O) groups excluding carboxylic acids is 2. The van der Waals surface area contributed by atoms with Gasteiger partial charge in [0.1, 0.15) is 5.52 Å². The van der Waals surface area contributed by atoms with Crippen molar-refractivity contribution < 1.29 is 14.0 Å². The lowest BCUT2D eigenvalue weighted by Crippen LogP contribution is -2.28. The Morgan fingerprint density at radius 2 is 2.08 bits per heavy atom. The predicted octanol–water partition coefficient (Wildman–Crippen LogP) is 2.99. The minimum atomic E-state index is -0.503. The fourth-order valence-electron chi connectivity index (χ4n) is 2.98. The highest BCUT2D eigenvalue weighted by Gasteiger charge is 2.35. The van der Waals surface area contributed by atoms with Crippen molar-refractivity contribution in [2.24, 2.45) is 11.7 Å². The van der Waals surface area contributed by atoms with Gasteiger partial charge in [0.15, 0.2) is 5.58 Å². The van der Waals surface area contributed by atoms with Crippen LogP contribution in [0.1, 0.15) is 6.42 Å². The van der Waals surface area contributed by atoms with E-state index in [1.165, 1.54) is 4.90 Å². The average Bonchev–Trinajstić information content (AvgIpc) is 3.19. The number of rotatable bonds is 3. The second-order valence-corrected chi connectivity index (χ2v) is 6.37. The molecule has 1 aliphatic heterocycles. The summed E-state index contributed by atoms with van der Waals surface area (Å²) in [7, 11) is 0. The summed E-state index contributed by atoms with van der Waals surface area (Å²) in [5.41, 5.74) is 7.98. The fraction of sp³-hybridized carbons (Fsp3) is 0.167. The summed E-state index contributed by atoms with van der Waals surface area (Å²) in [6.07, 6.45) is 0.0960. The van der Waals surface area contributed by atoms with Gasteiger partial charge in [-0.15, -0.1) is 0 Å². The molecular formula is C18H14ClN3O3. The van der Waals surface area contributed by atoms with Gasteiger partial charge in [-0.05, 0) is 30.3 Å². The number of carbonyl (C=O) groups is 2. The molecule has 0 spiro atoms. The highest BCUT2D eigenvalue weighted by Crippen LogP contribution is 2.35. The molecule has 0 aliphatic carbocycles. The first-order valence-corrected chi connectivity index (χ1v) is 8.16. The number of nitrogens with zero attached hydrogens (tertiary/aromatic N) is 2. The smallest absolute Gasteiger partial charge is 0.227 e. The summed E-state index contributed by atoms with van der Waals surface area (Å²) in [4.78, 5) is 29.6. The first kappa shape index (κ1) is 15.7. The van der Waals surface area contributed by atoms with E-state index in [2.05, 4.69) is 4.98 Å². The number of benzene rings is 2. The Labute approximate surface area is 148 Å². The van der Waals surface area contributed by atoms with Gasteiger partial charge in [-0.25, -0.2) is 4.98 Å². The highest BCUT2D eigenvalue weighted by atomic mass is 35.5. The molecule has 2 N–H and O–H groups in total. The molecule has 3 aromatic rings. The number of anilines is 1. The Bertz CT molecular complexity index is 965. The minimum absolute atomic E-state index is 0.0960. The molecule has 1 aromatic heterocycles. The van der Waals surface area contributed by atoms with Gasteiger partial charge in [-0.1, -0.05) is 23.7 Å². The molecule has 0 unspecified atom stereocenters. The largest absolute Gasteiger partial charge is 0.436 e. The third-order valence-electron chi connectivity index (χ3n) is 4.31. The van der Waals surface area contributed by atoms with Crippen molar-refractivity contribution in [2.75, 3.05) is 11.4 Å². The molecule has 2 heterocycles. The van der Waals surface area contributed by atoms with Crippen molar-refractivity contribution in [1.82, 2.24) is 4.98 Å². The zero-order chi connectivity index (χ0) is 17.6. The molecule has 1 aliphatic rings. The molecule has 2 aromatic carbocycles. The first-order chi connectivity index (χ1) is 12.0. The van der Waals surface area contributed by atoms with Crippen LogP contribution in [0.3, 0.4) is 0 Å². The van der Waals surface area contributed by atoms with E-state index in [1.54, 1.807) is 18.2 Å². The van der Waals surface area contributed by atoms with Gasteiger partial charge in [-0.2, -0.15) is 0 Å². The lowest BCUT2D eigenvalue weighted by molar-refractivity contribution is -0.123. The van der Waals surface area contributed by atoms with Crippen molar-refractivity contribution in [1.29, 1.82) is 0 Å². The Balaban J connectivity index is 1.74. The van der Waals surface area contributed by atoms with Crippen LogP contribution in [0.25, 0.3) is 22.6 Å². The van der Waals surface area contributed by atoms with Crippen LogP contribution < -0.4 is 10.6 Å². The molecule has 0 bridgehead atoms. The number of hydrogen-bond acceptors (Lipinski definition) is 4. The van der Waals surface area contributed by atoms with Crippen LogP contribution in [0.15, 0.2) is 46.9 Å². The van der Waals surface area contributed by atoms with Crippen LogP contribution in [-0.4, -0.2) is 23.3 Å². The Kier molecular flexibility index (Phi) is 3.69. The zero-order valence-electron chi connectivity index (χ0n) is 13.1. The summed E-state index contributed by atoms with van der Waals surface area (Å²) in [5, 5.41) is 0.415. The van der Waals surface area contributed by atoms with Crippen molar-refractivity contribution in [3.63, 3.8) is 0 Å². The minimum Gasteiger partial charge on any atom is -0.436 e. The third kappa shape index (κ3) is 2.74. The van der Waals surface area contributed by atoms with Gasteiger partial charge < -0.3 is 15.1 Å². The second-order valence-electron chi connectivity index (χ2n) is 5.96. The van der Waals surface area contributed by atoms with Gasteiger partial charge in [0.05, 0.1) is 16.6 Å². The molecule has 0 saturated carbocycles. The molecule has 1 atom stereocenters. The number of amides is 2. The molecule has 4 rings (SSSR count). The molecule has 25 heavy (non-hydrogen) atoms. The average molecular weight is 356 g/mol. The van der Waals surface area contributed by atoms with Gasteiger partial charge >= 0.3 is 0 Å². The SMILES string of the molecule is NC(=O)[C@@H]1CC(=O)N(c2cc(-c3nc4ccccc4o3)ccc2Cl)C1. The van der Waals surface area contributed by atoms with Crippen molar-refractivity contribution >= 4 is 40.2 Å². The van der Waals surface area contributed by atoms with Crippen molar-refractivity contribution in [3.05, 3.63) is 47.5 Å². The van der Waals surface area contributed by atoms with E-state index in [1.807, 2.05) is 24.3 Å². The van der Waals surface area contributed by atoms with Crippen LogP contribution in [0.5, 0.6) is 0 Å². The molecule has 6 nitrogen and oxygen atoms in total. The molecule has 1 fully saturated rings. The normalized spacial score (nSPS) is 17.4. The third-order valence-corrected chi connectivity index (χ3v) is 4.62. The van der Waals surface area contributed by atoms with Gasteiger partial charge in [0, 0.05) is 18.5 Å². The van der Waals surface area contributed by atoms with E-state index < -0.39 is 11.8 Å². The van der Waals surface area contributed by atoms with Crippen LogP contribution in [0, 0.1) is 5.92 Å². The first-order valence-electron chi connectivity index (χ1n) is 7.78. The Hall–Kier alpha value is -2.86. The van der Waals surface area contributed by atoms with Crippen LogP contribution in [-0.2, 0) is 9.59 Å². The summed E-state index contributed by atoms with van der Waals surface area (Å²) in [6.45, 7) is 0.227. The van der Waals surface area contributed by atoms with Gasteiger partial charge in [-0.3, -0.25) is 9.59 Å². The van der Waals surface area contributed by atoms with E-state index in [4.69, 9.17) is 21.8 Å². The summed E-state index contributed by atoms with van der Waals surface area (Å²) < 4.78 is 5.77. The van der Waals surface area contributed by atoms with E-state index in [9.17, 15) is 9.59 Å². The molecular weight excluding hydrogens is 342 g/mol. The maximum Gasteiger partial charge on any atom is 0.227 e. The van der Waals surface area contributed by atoms with Crippen molar-refractivity contribution in [2.45, 2.75) is 6.42 Å². The molecule has 2 amide bonds. The second kappa shape index (κ2) is 5.89. The number of nitrogens with two attached hydrogens (primary N) is 1. The maximum atomic E-state index is 12.3. The predicted molar refractivity (Wildman–Crippen MR) is 94.1 cm³/mol. The van der Waals surface area contributed by atoms with E-state index >= 15 is 0 Å². The number of fused-ring (bicyclic) bond motifs is 1. The Morgan fingerprint density at radius 3 is 2.80 bits per heavy atom. The fourth-order valence-corrected chi connectivity index (χ4v) is 3.20. The van der Waals surface area contributed by atoms with E-state index in [-0.39, 0.29) is 18.9 Å². The van der Waals surface area contributed by atoms with E-state index in [0.29, 0.717) is 27.7 Å². The highest BCUT2D eigenvalue weighted by molar-refractivity contribution is 6.34. The molecule has 0 radical (unpaired) electrons. The van der Waals surface area contributed by atoms with Gasteiger partial charge in [0.25, 0.3) is 0 Å². The summed E-state index contributed by atoms with van der Waals surface area (Å²) in [5.74, 6) is -0.726. The molecule has 7 heteroatoms. The lowest BCUT2D eigenvalue weighted by atomic mass is 10.1. The van der Waals surface area contributed by atoms with Crippen LogP contribution in [0.2, 0.25) is 5.02 Å². The van der Waals surface area contributed by atoms with Crippen LogP contribution in [0.4, 0.5) is 5.69 Å². The molecule has 126 valence electrons. The summed E-state index contributed by atoms with van der Waals surface area (Å²) in [6, 6.07) is 12.7. The standard InChI is InChI=1S/C18H14ClN3O3/c19-12-6-5-10(18-21-13-3-1-2-4-15(13)25-18)7-14(12)22-9-11(17(20)24)8-16(22)23/h1-7,11H,8-9H2,(H2,20,24)/t11-/m1/s1. The van der Waals surface area contributed by atoms with Crippen molar-refractivity contribution in [3.8, 4) is 11.5 Å². The maximum absolute atomic E-state index is 12.3. The number of primary amides is 1. The number of hydrogen-bond donors (Lipinski definition) is 1. The quantitative estimate of drug-likeness (QED) is 0.782. The zero-order valence-corrected chi connectivity index (χ0v) is 13.9. The monoisotopic (exact) mass is 355 g/mol. The summed E-state index contributed by atoms with van der Waals surface area (Å²) >= 11 is 6.27. The molecule has 1 saturated heterocycles. The number of para-hydroxylation sites is 2. The Morgan fingerprint density at radius 1 is 1.28 bits per heavy atom. The van der Waals surface area contributed by atoms with Crippen LogP contribution >= 0.6 is 11.6 Å². The lowest BCUT2D eigenvalue weighted by Gasteiger charge is -2.18. The number of halogens is 1. The number of aromatic nitrogens is 1.